The minimum atomic E-state index is -3.34. The first-order chi connectivity index (χ1) is 11.1. The summed E-state index contributed by atoms with van der Waals surface area (Å²) in [5.74, 6) is 0.360. The summed E-state index contributed by atoms with van der Waals surface area (Å²) in [6.07, 6.45) is 8.13. The quantitative estimate of drug-likeness (QED) is 0.713. The van der Waals surface area contributed by atoms with E-state index in [1.54, 1.807) is 0 Å². The van der Waals surface area contributed by atoms with Crippen LogP contribution < -0.4 is 4.72 Å². The molecular formula is C16H28N2O4S. The molecule has 6 nitrogen and oxygen atoms in total. The molecule has 0 atom stereocenters. The minimum Gasteiger partial charge on any atom is -0.381 e. The first-order valence-electron chi connectivity index (χ1n) is 8.66. The van der Waals surface area contributed by atoms with Crippen molar-refractivity contribution in [1.82, 2.24) is 4.72 Å². The average Bonchev–Trinajstić information content (AvgIpc) is 2.82. The van der Waals surface area contributed by atoms with Crippen LogP contribution in [0.25, 0.3) is 0 Å². The molecule has 7 heteroatoms. The fraction of sp³-hybridized carbons (Fsp3) is 0.938. The molecular weight excluding hydrogens is 316 g/mol. The molecule has 2 fully saturated rings. The molecule has 0 bridgehead atoms. The van der Waals surface area contributed by atoms with Gasteiger partial charge in [-0.15, -0.1) is 0 Å². The van der Waals surface area contributed by atoms with Gasteiger partial charge in [0.15, 0.2) is 5.60 Å². The van der Waals surface area contributed by atoms with E-state index in [1.807, 2.05) is 0 Å². The van der Waals surface area contributed by atoms with Gasteiger partial charge in [-0.3, -0.25) is 0 Å². The van der Waals surface area contributed by atoms with E-state index in [4.69, 9.17) is 9.47 Å². The molecule has 1 heterocycles. The molecule has 0 aromatic carbocycles. The van der Waals surface area contributed by atoms with Crippen molar-refractivity contribution < 1.29 is 17.9 Å². The SMILES string of the molecule is N#CC1(OCCS(=O)(=O)NCC2CCCCCC2)CCOCC1. The van der Waals surface area contributed by atoms with Crippen LogP contribution in [0.3, 0.4) is 0 Å². The van der Waals surface area contributed by atoms with Gasteiger partial charge in [0.2, 0.25) is 10.0 Å². The summed E-state index contributed by atoms with van der Waals surface area (Å²) in [6.45, 7) is 1.55. The Morgan fingerprint density at radius 2 is 1.83 bits per heavy atom. The standard InChI is InChI=1S/C16H28N2O4S/c17-14-16(7-9-21-10-8-16)22-11-12-23(19,20)18-13-15-5-3-1-2-4-6-15/h15,18H,1-13H2. The van der Waals surface area contributed by atoms with Crippen molar-refractivity contribution in [1.29, 1.82) is 5.26 Å². The van der Waals surface area contributed by atoms with Crippen LogP contribution in [-0.2, 0) is 19.5 Å². The maximum Gasteiger partial charge on any atom is 0.213 e. The number of nitrogens with zero attached hydrogens (tertiary/aromatic N) is 1. The lowest BCUT2D eigenvalue weighted by Crippen LogP contribution is -2.40. The summed E-state index contributed by atoms with van der Waals surface area (Å²) in [7, 11) is -3.34. The molecule has 132 valence electrons. The molecule has 0 amide bonds. The van der Waals surface area contributed by atoms with Gasteiger partial charge in [-0.2, -0.15) is 5.26 Å². The van der Waals surface area contributed by atoms with Crippen LogP contribution in [0.1, 0.15) is 51.4 Å². The van der Waals surface area contributed by atoms with Gasteiger partial charge in [0.25, 0.3) is 0 Å². The van der Waals surface area contributed by atoms with E-state index in [0.29, 0.717) is 38.5 Å². The minimum absolute atomic E-state index is 0.0492. The van der Waals surface area contributed by atoms with Crippen molar-refractivity contribution in [3.8, 4) is 6.07 Å². The van der Waals surface area contributed by atoms with Crippen LogP contribution in [0.15, 0.2) is 0 Å². The lowest BCUT2D eigenvalue weighted by atomic mass is 9.96. The van der Waals surface area contributed by atoms with E-state index in [-0.39, 0.29) is 12.4 Å². The zero-order valence-electron chi connectivity index (χ0n) is 13.8. The number of sulfonamides is 1. The fourth-order valence-electron chi connectivity index (χ4n) is 3.22. The molecule has 2 rings (SSSR count). The topological polar surface area (TPSA) is 88.4 Å². The highest BCUT2D eigenvalue weighted by Gasteiger charge is 2.34. The van der Waals surface area contributed by atoms with Crippen LogP contribution in [0.5, 0.6) is 0 Å². The molecule has 2 aliphatic rings. The summed E-state index contributed by atoms with van der Waals surface area (Å²) in [5, 5.41) is 9.28. The smallest absolute Gasteiger partial charge is 0.213 e. The van der Waals surface area contributed by atoms with E-state index in [2.05, 4.69) is 10.8 Å². The monoisotopic (exact) mass is 344 g/mol. The lowest BCUT2D eigenvalue weighted by Gasteiger charge is -2.30. The Bertz CT molecular complexity index is 487. The van der Waals surface area contributed by atoms with E-state index in [1.165, 1.54) is 25.7 Å². The number of nitriles is 1. The predicted octanol–water partition coefficient (Wildman–Crippen LogP) is 1.97. The molecule has 0 spiro atoms. The van der Waals surface area contributed by atoms with Crippen molar-refractivity contribution in [3.05, 3.63) is 0 Å². The van der Waals surface area contributed by atoms with Crippen LogP contribution >= 0.6 is 0 Å². The molecule has 1 N–H and O–H groups in total. The van der Waals surface area contributed by atoms with Crippen LogP contribution in [0.2, 0.25) is 0 Å². The average molecular weight is 344 g/mol. The molecule has 0 unspecified atom stereocenters. The zero-order chi connectivity index (χ0) is 16.6. The van der Waals surface area contributed by atoms with Gasteiger partial charge in [0.1, 0.15) is 0 Å². The Morgan fingerprint density at radius 1 is 1.17 bits per heavy atom. The second-order valence-corrected chi connectivity index (χ2v) is 8.52. The molecule has 0 aromatic rings. The Labute approximate surface area is 139 Å². The lowest BCUT2D eigenvalue weighted by molar-refractivity contribution is -0.0709. The number of ether oxygens (including phenoxy) is 2. The van der Waals surface area contributed by atoms with Crippen molar-refractivity contribution >= 4 is 10.0 Å². The first kappa shape index (κ1) is 18.7. The molecule has 1 saturated heterocycles. The second kappa shape index (κ2) is 8.97. The molecule has 1 aliphatic carbocycles. The first-order valence-corrected chi connectivity index (χ1v) is 10.3. The van der Waals surface area contributed by atoms with Gasteiger partial charge in [-0.1, -0.05) is 25.7 Å². The Hall–Kier alpha value is -0.680. The van der Waals surface area contributed by atoms with E-state index < -0.39 is 15.6 Å². The van der Waals surface area contributed by atoms with Crippen LogP contribution in [-0.4, -0.2) is 46.1 Å². The van der Waals surface area contributed by atoms with Crippen LogP contribution in [0, 0.1) is 17.2 Å². The Kier molecular flexibility index (Phi) is 7.28. The van der Waals surface area contributed by atoms with Crippen molar-refractivity contribution in [2.45, 2.75) is 57.0 Å². The molecule has 0 radical (unpaired) electrons. The predicted molar refractivity (Wildman–Crippen MR) is 87.3 cm³/mol. The van der Waals surface area contributed by atoms with Gasteiger partial charge < -0.3 is 9.47 Å². The molecule has 0 aromatic heterocycles. The van der Waals surface area contributed by atoms with Crippen molar-refractivity contribution in [2.75, 3.05) is 32.1 Å². The molecule has 1 aliphatic heterocycles. The highest BCUT2D eigenvalue weighted by Crippen LogP contribution is 2.24. The third-order valence-electron chi connectivity index (χ3n) is 4.80. The third kappa shape index (κ3) is 6.38. The largest absolute Gasteiger partial charge is 0.381 e. The van der Waals surface area contributed by atoms with Gasteiger partial charge in [-0.05, 0) is 18.8 Å². The van der Waals surface area contributed by atoms with Crippen molar-refractivity contribution in [3.63, 3.8) is 0 Å². The third-order valence-corrected chi connectivity index (χ3v) is 6.11. The number of rotatable bonds is 7. The number of nitrogens with one attached hydrogen (secondary N) is 1. The normalized spacial score (nSPS) is 23.1. The highest BCUT2D eigenvalue weighted by atomic mass is 32.2. The highest BCUT2D eigenvalue weighted by molar-refractivity contribution is 7.89. The second-order valence-electron chi connectivity index (χ2n) is 6.59. The summed E-state index contributed by atoms with van der Waals surface area (Å²) in [5.41, 5.74) is -0.880. The molecule has 23 heavy (non-hydrogen) atoms. The van der Waals surface area contributed by atoms with E-state index in [0.717, 1.165) is 12.8 Å². The van der Waals surface area contributed by atoms with Crippen LogP contribution in [0.4, 0.5) is 0 Å². The van der Waals surface area contributed by atoms with Gasteiger partial charge in [-0.25, -0.2) is 13.1 Å². The number of hydrogen-bond acceptors (Lipinski definition) is 5. The summed E-state index contributed by atoms with van der Waals surface area (Å²) >= 11 is 0. The van der Waals surface area contributed by atoms with Gasteiger partial charge >= 0.3 is 0 Å². The maximum absolute atomic E-state index is 12.1. The maximum atomic E-state index is 12.1. The Balaban J connectivity index is 1.71. The fourth-order valence-corrected chi connectivity index (χ4v) is 4.16. The number of hydrogen-bond donors (Lipinski definition) is 1. The van der Waals surface area contributed by atoms with Crippen molar-refractivity contribution in [2.24, 2.45) is 5.92 Å². The summed E-state index contributed by atoms with van der Waals surface area (Å²) in [4.78, 5) is 0. The van der Waals surface area contributed by atoms with E-state index in [9.17, 15) is 13.7 Å². The molecule has 1 saturated carbocycles. The zero-order valence-corrected chi connectivity index (χ0v) is 14.6. The Morgan fingerprint density at radius 3 is 2.43 bits per heavy atom. The summed E-state index contributed by atoms with van der Waals surface area (Å²) < 4.78 is 37.7. The van der Waals surface area contributed by atoms with E-state index >= 15 is 0 Å². The van der Waals surface area contributed by atoms with Gasteiger partial charge in [0.05, 0.1) is 31.6 Å². The van der Waals surface area contributed by atoms with Gasteiger partial charge in [0, 0.05) is 19.4 Å². The summed E-state index contributed by atoms with van der Waals surface area (Å²) in [6, 6.07) is 2.18.